The van der Waals surface area contributed by atoms with Crippen LogP contribution in [0.5, 0.6) is 0 Å². The first kappa shape index (κ1) is 6.03. The zero-order chi connectivity index (χ0) is 5.98. The van der Waals surface area contributed by atoms with Crippen LogP contribution >= 0.6 is 22.9 Å². The molecule has 0 aromatic heterocycles. The lowest BCUT2D eigenvalue weighted by atomic mass is 10.6. The van der Waals surface area contributed by atoms with E-state index >= 15 is 0 Å². The van der Waals surface area contributed by atoms with Crippen molar-refractivity contribution in [3.63, 3.8) is 0 Å². The molecule has 0 radical (unpaired) electrons. The van der Waals surface area contributed by atoms with Crippen LogP contribution in [0.2, 0.25) is 0 Å². The highest BCUT2D eigenvalue weighted by Gasteiger charge is 2.04. The van der Waals surface area contributed by atoms with Crippen molar-refractivity contribution in [2.45, 2.75) is 6.29 Å². The molecule has 1 aliphatic heterocycles. The highest BCUT2D eigenvalue weighted by atomic mass is 127. The predicted molar refractivity (Wildman–Crippen MR) is 41.5 cm³/mol. The maximum atomic E-state index is 5.45. The van der Waals surface area contributed by atoms with Crippen molar-refractivity contribution in [3.8, 4) is 0 Å². The van der Waals surface area contributed by atoms with E-state index in [1.807, 2.05) is 12.3 Å². The zero-order valence-corrected chi connectivity index (χ0v) is 6.32. The minimum Gasteiger partial charge on any atom is -0.292 e. The molecule has 0 aromatic rings. The van der Waals surface area contributed by atoms with Gasteiger partial charge < -0.3 is 0 Å². The monoisotopic (exact) mass is 223 g/mol. The summed E-state index contributed by atoms with van der Waals surface area (Å²) in [6.07, 6.45) is 5.22. The van der Waals surface area contributed by atoms with Crippen LogP contribution in [0.3, 0.4) is 0 Å². The van der Waals surface area contributed by atoms with Crippen molar-refractivity contribution in [2.24, 2.45) is 10.7 Å². The normalized spacial score (nSPS) is 26.8. The van der Waals surface area contributed by atoms with Crippen LogP contribution in [-0.2, 0) is 0 Å². The van der Waals surface area contributed by atoms with Crippen molar-refractivity contribution in [2.75, 3.05) is 0 Å². The molecule has 0 aromatic carbocycles. The number of aliphatic imine (C=N–C) groups is 1. The smallest absolute Gasteiger partial charge is 0.181 e. The SMILES string of the molecule is NC1N=CC=CN1I. The summed E-state index contributed by atoms with van der Waals surface area (Å²) in [7, 11) is 0. The Morgan fingerprint density at radius 1 is 1.75 bits per heavy atom. The molecule has 3 nitrogen and oxygen atoms in total. The summed E-state index contributed by atoms with van der Waals surface area (Å²) in [4.78, 5) is 3.90. The number of halogens is 1. The van der Waals surface area contributed by atoms with E-state index in [0.29, 0.717) is 0 Å². The molecule has 1 rings (SSSR count). The fraction of sp³-hybridized carbons (Fsp3) is 0.250. The summed E-state index contributed by atoms with van der Waals surface area (Å²) in [5, 5.41) is 0. The molecule has 2 N–H and O–H groups in total. The number of rotatable bonds is 0. The minimum absolute atomic E-state index is 0.194. The highest BCUT2D eigenvalue weighted by Crippen LogP contribution is 2.06. The molecule has 0 amide bonds. The molecule has 44 valence electrons. The molecule has 0 aliphatic carbocycles. The van der Waals surface area contributed by atoms with Gasteiger partial charge in [-0.25, -0.2) is 0 Å². The first-order valence-corrected chi connectivity index (χ1v) is 3.17. The number of hydrogen-bond acceptors (Lipinski definition) is 3. The number of allylic oxidation sites excluding steroid dienone is 1. The average molecular weight is 223 g/mol. The summed E-state index contributed by atoms with van der Waals surface area (Å²) in [5.41, 5.74) is 5.45. The van der Waals surface area contributed by atoms with Gasteiger partial charge in [-0.15, -0.1) is 0 Å². The maximum absolute atomic E-state index is 5.45. The van der Waals surface area contributed by atoms with Gasteiger partial charge in [-0.05, 0) is 6.08 Å². The molecule has 1 unspecified atom stereocenters. The van der Waals surface area contributed by atoms with Crippen LogP contribution in [0.25, 0.3) is 0 Å². The Bertz CT molecular complexity index is 115. The van der Waals surface area contributed by atoms with Crippen LogP contribution in [-0.4, -0.2) is 15.6 Å². The van der Waals surface area contributed by atoms with Gasteiger partial charge in [0, 0.05) is 12.4 Å². The van der Waals surface area contributed by atoms with Crippen molar-refractivity contribution in [1.29, 1.82) is 0 Å². The Balaban J connectivity index is 2.59. The van der Waals surface area contributed by atoms with E-state index in [9.17, 15) is 0 Å². The maximum Gasteiger partial charge on any atom is 0.181 e. The van der Waals surface area contributed by atoms with E-state index in [2.05, 4.69) is 27.9 Å². The number of nitrogens with two attached hydrogens (primary N) is 1. The summed E-state index contributed by atoms with van der Waals surface area (Å²) >= 11 is 2.09. The van der Waals surface area contributed by atoms with Crippen molar-refractivity contribution in [3.05, 3.63) is 12.3 Å². The van der Waals surface area contributed by atoms with Gasteiger partial charge in [0.15, 0.2) is 6.29 Å². The van der Waals surface area contributed by atoms with E-state index in [0.717, 1.165) is 0 Å². The summed E-state index contributed by atoms with van der Waals surface area (Å²) < 4.78 is 1.80. The van der Waals surface area contributed by atoms with Crippen molar-refractivity contribution in [1.82, 2.24) is 3.11 Å². The van der Waals surface area contributed by atoms with Gasteiger partial charge in [0.25, 0.3) is 0 Å². The Kier molecular flexibility index (Phi) is 1.85. The third-order valence-corrected chi connectivity index (χ3v) is 1.70. The van der Waals surface area contributed by atoms with E-state index in [1.54, 1.807) is 9.33 Å². The molecule has 1 heterocycles. The predicted octanol–water partition coefficient (Wildman–Crippen LogP) is 0.479. The second kappa shape index (κ2) is 2.45. The average Bonchev–Trinajstić information content (AvgIpc) is 1.77. The van der Waals surface area contributed by atoms with Crippen LogP contribution in [0.15, 0.2) is 17.3 Å². The second-order valence-corrected chi connectivity index (χ2v) is 2.51. The molecular formula is C4H6IN3. The molecule has 4 heteroatoms. The first-order valence-electron chi connectivity index (χ1n) is 2.20. The first-order chi connectivity index (χ1) is 3.80. The molecule has 8 heavy (non-hydrogen) atoms. The summed E-state index contributed by atoms with van der Waals surface area (Å²) in [6.45, 7) is 0. The molecular weight excluding hydrogens is 217 g/mol. The fourth-order valence-electron chi connectivity index (χ4n) is 0.410. The number of hydrogen-bond donors (Lipinski definition) is 1. The molecule has 0 bridgehead atoms. The number of nitrogens with zero attached hydrogens (tertiary/aromatic N) is 2. The van der Waals surface area contributed by atoms with Gasteiger partial charge in [0.2, 0.25) is 0 Å². The zero-order valence-electron chi connectivity index (χ0n) is 4.16. The molecule has 0 spiro atoms. The molecule has 1 atom stereocenters. The summed E-state index contributed by atoms with van der Waals surface area (Å²) in [6, 6.07) is 0. The van der Waals surface area contributed by atoms with E-state index in [4.69, 9.17) is 5.73 Å². The third-order valence-electron chi connectivity index (χ3n) is 0.806. The topological polar surface area (TPSA) is 41.6 Å². The van der Waals surface area contributed by atoms with Gasteiger partial charge in [-0.3, -0.25) is 13.8 Å². The van der Waals surface area contributed by atoms with Crippen LogP contribution in [0.1, 0.15) is 0 Å². The summed E-state index contributed by atoms with van der Waals surface area (Å²) in [5.74, 6) is 0. The van der Waals surface area contributed by atoms with E-state index in [-0.39, 0.29) is 6.29 Å². The molecule has 1 aliphatic rings. The third kappa shape index (κ3) is 1.19. The van der Waals surface area contributed by atoms with Crippen LogP contribution in [0.4, 0.5) is 0 Å². The molecule has 0 saturated heterocycles. The minimum atomic E-state index is -0.194. The Morgan fingerprint density at radius 3 is 2.88 bits per heavy atom. The second-order valence-electron chi connectivity index (χ2n) is 1.40. The van der Waals surface area contributed by atoms with Gasteiger partial charge >= 0.3 is 0 Å². The van der Waals surface area contributed by atoms with Gasteiger partial charge in [-0.1, -0.05) is 0 Å². The quantitative estimate of drug-likeness (QED) is 0.479. The van der Waals surface area contributed by atoms with Gasteiger partial charge in [0.1, 0.15) is 0 Å². The Labute approximate surface area is 61.8 Å². The van der Waals surface area contributed by atoms with Crippen LogP contribution in [0, 0.1) is 0 Å². The molecule has 0 saturated carbocycles. The largest absolute Gasteiger partial charge is 0.292 e. The lowest BCUT2D eigenvalue weighted by Crippen LogP contribution is -2.30. The Morgan fingerprint density at radius 2 is 2.50 bits per heavy atom. The van der Waals surface area contributed by atoms with Crippen LogP contribution < -0.4 is 5.73 Å². The van der Waals surface area contributed by atoms with Crippen molar-refractivity contribution >= 4 is 29.1 Å². The Hall–Kier alpha value is -0.100. The van der Waals surface area contributed by atoms with Crippen molar-refractivity contribution < 1.29 is 0 Å². The lowest BCUT2D eigenvalue weighted by Gasteiger charge is -2.17. The molecule has 0 fully saturated rings. The van der Waals surface area contributed by atoms with Gasteiger partial charge in [0.05, 0.1) is 22.9 Å². The standard InChI is InChI=1S/C4H6IN3/c5-8-3-1-2-7-4(8)6/h1-4H,6H2. The van der Waals surface area contributed by atoms with Gasteiger partial charge in [-0.2, -0.15) is 0 Å². The fourth-order valence-corrected chi connectivity index (χ4v) is 0.740. The van der Waals surface area contributed by atoms with E-state index < -0.39 is 0 Å². The van der Waals surface area contributed by atoms with E-state index in [1.165, 1.54) is 0 Å². The highest BCUT2D eigenvalue weighted by molar-refractivity contribution is 14.1. The lowest BCUT2D eigenvalue weighted by molar-refractivity contribution is 0.500.